The van der Waals surface area contributed by atoms with Gasteiger partial charge in [0.25, 0.3) is 5.91 Å². The first-order chi connectivity index (χ1) is 13.7. The predicted octanol–water partition coefficient (Wildman–Crippen LogP) is 3.09. The lowest BCUT2D eigenvalue weighted by Gasteiger charge is -2.11. The summed E-state index contributed by atoms with van der Waals surface area (Å²) in [6.07, 6.45) is 0.919. The van der Waals surface area contributed by atoms with Crippen LogP contribution in [0, 0.1) is 0 Å². The van der Waals surface area contributed by atoms with Crippen molar-refractivity contribution in [1.29, 1.82) is 0 Å². The van der Waals surface area contributed by atoms with Gasteiger partial charge in [-0.1, -0.05) is 30.8 Å². The number of hydrogen-bond acceptors (Lipinski definition) is 5. The van der Waals surface area contributed by atoms with E-state index in [-0.39, 0.29) is 10.8 Å². The maximum absolute atomic E-state index is 12.2. The van der Waals surface area contributed by atoms with E-state index in [9.17, 15) is 13.2 Å². The smallest absolute Gasteiger partial charge is 0.253 e. The highest BCUT2D eigenvalue weighted by molar-refractivity contribution is 7.98. The minimum Gasteiger partial charge on any atom is -0.345 e. The molecule has 0 fully saturated rings. The van der Waals surface area contributed by atoms with E-state index in [1.165, 1.54) is 12.1 Å². The Morgan fingerprint density at radius 2 is 1.97 bits per heavy atom. The van der Waals surface area contributed by atoms with Crippen LogP contribution in [0.1, 0.15) is 29.3 Å². The van der Waals surface area contributed by atoms with Crippen LogP contribution in [0.15, 0.2) is 52.5 Å². The second-order valence-electron chi connectivity index (χ2n) is 6.93. The number of aryl methyl sites for hydroxylation is 1. The van der Waals surface area contributed by atoms with E-state index < -0.39 is 10.0 Å². The zero-order chi connectivity index (χ0) is 21.2. The predicted molar refractivity (Wildman–Crippen MR) is 115 cm³/mol. The van der Waals surface area contributed by atoms with Gasteiger partial charge >= 0.3 is 0 Å². The molecule has 3 aromatic rings. The fourth-order valence-corrected chi connectivity index (χ4v) is 4.53. The molecule has 0 radical (unpaired) electrons. The standard InChI is InChI=1S/C20H24N4O3S2/c1-4-10-24-18-9-8-16(29(21,26)27)12-17(18)22-20(24)28-13-14-6-5-7-15(11-14)19(25)23(2)3/h5-9,11-12H,4,10,13H2,1-3H3,(H2,21,26,27). The Morgan fingerprint density at radius 3 is 2.62 bits per heavy atom. The van der Waals surface area contributed by atoms with Crippen LogP contribution in [0.3, 0.4) is 0 Å². The van der Waals surface area contributed by atoms with Gasteiger partial charge in [0.1, 0.15) is 0 Å². The summed E-state index contributed by atoms with van der Waals surface area (Å²) in [4.78, 5) is 18.4. The maximum atomic E-state index is 12.2. The zero-order valence-electron chi connectivity index (χ0n) is 16.6. The molecule has 0 saturated heterocycles. The molecule has 0 aliphatic carbocycles. The second-order valence-corrected chi connectivity index (χ2v) is 9.43. The summed E-state index contributed by atoms with van der Waals surface area (Å²) >= 11 is 1.55. The minimum atomic E-state index is -3.78. The molecule has 0 bridgehead atoms. The van der Waals surface area contributed by atoms with Crippen LogP contribution < -0.4 is 5.14 Å². The molecule has 7 nitrogen and oxygen atoms in total. The summed E-state index contributed by atoms with van der Waals surface area (Å²) in [7, 11) is -0.320. The number of sulfonamides is 1. The van der Waals surface area contributed by atoms with Gasteiger partial charge in [-0.05, 0) is 42.3 Å². The molecule has 29 heavy (non-hydrogen) atoms. The van der Waals surface area contributed by atoms with Crippen molar-refractivity contribution in [3.63, 3.8) is 0 Å². The molecular weight excluding hydrogens is 408 g/mol. The molecular formula is C20H24N4O3S2. The Morgan fingerprint density at radius 1 is 1.21 bits per heavy atom. The number of hydrogen-bond donors (Lipinski definition) is 1. The van der Waals surface area contributed by atoms with Crippen LogP contribution in [-0.4, -0.2) is 42.9 Å². The van der Waals surface area contributed by atoms with Gasteiger partial charge in [0.15, 0.2) is 5.16 Å². The van der Waals surface area contributed by atoms with E-state index >= 15 is 0 Å². The third-order valence-corrected chi connectivity index (χ3v) is 6.37. The van der Waals surface area contributed by atoms with Crippen molar-refractivity contribution in [1.82, 2.24) is 14.5 Å². The Hall–Kier alpha value is -2.36. The Kier molecular flexibility index (Phi) is 6.30. The number of amides is 1. The van der Waals surface area contributed by atoms with Gasteiger partial charge in [0.2, 0.25) is 10.0 Å². The summed E-state index contributed by atoms with van der Waals surface area (Å²) < 4.78 is 25.4. The molecule has 0 aliphatic rings. The van der Waals surface area contributed by atoms with Gasteiger partial charge in [0.05, 0.1) is 15.9 Å². The number of imidazole rings is 1. The maximum Gasteiger partial charge on any atom is 0.253 e. The zero-order valence-corrected chi connectivity index (χ0v) is 18.3. The molecule has 0 atom stereocenters. The molecule has 2 N–H and O–H groups in total. The van der Waals surface area contributed by atoms with Gasteiger partial charge < -0.3 is 9.47 Å². The molecule has 0 spiro atoms. The number of nitrogens with two attached hydrogens (primary N) is 1. The lowest BCUT2D eigenvalue weighted by atomic mass is 10.1. The average Bonchev–Trinajstić information content (AvgIpc) is 3.02. The number of carbonyl (C=O) groups is 1. The van der Waals surface area contributed by atoms with Crippen LogP contribution >= 0.6 is 11.8 Å². The van der Waals surface area contributed by atoms with Gasteiger partial charge in [0, 0.05) is 32.0 Å². The topological polar surface area (TPSA) is 98.3 Å². The molecule has 154 valence electrons. The van der Waals surface area contributed by atoms with Gasteiger partial charge in [-0.15, -0.1) is 0 Å². The monoisotopic (exact) mass is 432 g/mol. The fraction of sp³-hybridized carbons (Fsp3) is 0.300. The Balaban J connectivity index is 1.90. The number of fused-ring (bicyclic) bond motifs is 1. The van der Waals surface area contributed by atoms with E-state index in [2.05, 4.69) is 16.5 Å². The highest BCUT2D eigenvalue weighted by Gasteiger charge is 2.15. The fourth-order valence-electron chi connectivity index (χ4n) is 3.01. The summed E-state index contributed by atoms with van der Waals surface area (Å²) in [5, 5.41) is 6.05. The van der Waals surface area contributed by atoms with Gasteiger partial charge in [-0.3, -0.25) is 4.79 Å². The summed E-state index contributed by atoms with van der Waals surface area (Å²) in [6, 6.07) is 12.3. The number of rotatable bonds is 7. The summed E-state index contributed by atoms with van der Waals surface area (Å²) in [6.45, 7) is 2.85. The summed E-state index contributed by atoms with van der Waals surface area (Å²) in [5.41, 5.74) is 3.14. The van der Waals surface area contributed by atoms with Crippen LogP contribution in [0.5, 0.6) is 0 Å². The molecule has 0 saturated carbocycles. The van der Waals surface area contributed by atoms with E-state index in [0.29, 0.717) is 16.8 Å². The molecule has 0 unspecified atom stereocenters. The SMILES string of the molecule is CCCn1c(SCc2cccc(C(=O)N(C)C)c2)nc2cc(S(N)(=O)=O)ccc21. The van der Waals surface area contributed by atoms with E-state index in [0.717, 1.165) is 29.2 Å². The molecule has 3 rings (SSSR count). The van der Waals surface area contributed by atoms with Gasteiger partial charge in [-0.2, -0.15) is 0 Å². The highest BCUT2D eigenvalue weighted by Crippen LogP contribution is 2.28. The second kappa shape index (κ2) is 8.56. The molecule has 1 heterocycles. The minimum absolute atomic E-state index is 0.0365. The molecule has 1 aromatic heterocycles. The normalized spacial score (nSPS) is 11.7. The third kappa shape index (κ3) is 4.80. The average molecular weight is 433 g/mol. The highest BCUT2D eigenvalue weighted by atomic mass is 32.2. The Labute approximate surface area is 175 Å². The number of benzene rings is 2. The van der Waals surface area contributed by atoms with Crippen LogP contribution in [0.4, 0.5) is 0 Å². The van der Waals surface area contributed by atoms with Crippen molar-refractivity contribution in [3.8, 4) is 0 Å². The number of nitrogens with zero attached hydrogens (tertiary/aromatic N) is 3. The molecule has 1 amide bonds. The van der Waals surface area contributed by atoms with Crippen molar-refractivity contribution in [3.05, 3.63) is 53.6 Å². The van der Waals surface area contributed by atoms with Crippen LogP contribution in [0.2, 0.25) is 0 Å². The molecule has 0 aliphatic heterocycles. The molecule has 9 heteroatoms. The van der Waals surface area contributed by atoms with Crippen molar-refractivity contribution in [2.45, 2.75) is 35.7 Å². The van der Waals surface area contributed by atoms with Crippen molar-refractivity contribution >= 4 is 38.7 Å². The quantitative estimate of drug-likeness (QED) is 0.579. The molecule has 2 aromatic carbocycles. The van der Waals surface area contributed by atoms with Gasteiger partial charge in [-0.25, -0.2) is 18.5 Å². The van der Waals surface area contributed by atoms with E-state index in [1.54, 1.807) is 42.9 Å². The largest absolute Gasteiger partial charge is 0.345 e. The number of primary sulfonamides is 1. The lowest BCUT2D eigenvalue weighted by Crippen LogP contribution is -2.21. The lowest BCUT2D eigenvalue weighted by molar-refractivity contribution is 0.0827. The number of thioether (sulfide) groups is 1. The Bertz CT molecular complexity index is 1150. The summed E-state index contributed by atoms with van der Waals surface area (Å²) in [5.74, 6) is 0.606. The number of carbonyl (C=O) groups excluding carboxylic acids is 1. The first-order valence-electron chi connectivity index (χ1n) is 9.17. The van der Waals surface area contributed by atoms with E-state index in [1.807, 2.05) is 18.2 Å². The number of aromatic nitrogens is 2. The first kappa shape index (κ1) is 21.4. The van der Waals surface area contributed by atoms with Crippen LogP contribution in [0.25, 0.3) is 11.0 Å². The first-order valence-corrected chi connectivity index (χ1v) is 11.7. The van der Waals surface area contributed by atoms with Crippen LogP contribution in [-0.2, 0) is 22.3 Å². The third-order valence-electron chi connectivity index (χ3n) is 4.41. The van der Waals surface area contributed by atoms with Crippen molar-refractivity contribution in [2.24, 2.45) is 5.14 Å². The van der Waals surface area contributed by atoms with Crippen molar-refractivity contribution in [2.75, 3.05) is 14.1 Å². The van der Waals surface area contributed by atoms with Crippen molar-refractivity contribution < 1.29 is 13.2 Å². The van der Waals surface area contributed by atoms with E-state index in [4.69, 9.17) is 5.14 Å².